The summed E-state index contributed by atoms with van der Waals surface area (Å²) in [7, 11) is -1.51. The fraction of sp³-hybridized carbons (Fsp3) is 0.478. The van der Waals surface area contributed by atoms with E-state index in [1.54, 1.807) is 32.2 Å². The lowest BCUT2D eigenvalue weighted by atomic mass is 10.1. The Hall–Kier alpha value is -1.45. The topological polar surface area (TPSA) is 71.4 Å². The Morgan fingerprint density at radius 3 is 2.65 bits per heavy atom. The van der Waals surface area contributed by atoms with Crippen LogP contribution in [0.5, 0.6) is 17.2 Å². The fourth-order valence-electron chi connectivity index (χ4n) is 4.23. The maximum atomic E-state index is 11.0. The molecule has 4 rings (SSSR count). The molecule has 0 aliphatic carbocycles. The first-order valence-electron chi connectivity index (χ1n) is 10.7. The van der Waals surface area contributed by atoms with Gasteiger partial charge in [-0.25, -0.2) is 0 Å². The lowest BCUT2D eigenvalue weighted by Gasteiger charge is -2.47. The van der Waals surface area contributed by atoms with E-state index in [0.29, 0.717) is 23.0 Å². The first-order chi connectivity index (χ1) is 14.9. The summed E-state index contributed by atoms with van der Waals surface area (Å²) >= 11 is 3.61. The Balaban J connectivity index is 1.48. The maximum Gasteiger partial charge on any atom is 0.185 e. The first kappa shape index (κ1) is 22.7. The molecular formula is C23H30BrNO5S. The number of ether oxygens (including phenoxy) is 3. The summed E-state index contributed by atoms with van der Waals surface area (Å²) < 4.78 is 40.4. The standard InChI is InChI=1S/C23H30BrNO5S/c1-16-22(30-23-20(28-2)7-5-8-21(23)31(16,26)27)17-9-10-19(18(24)15-17)29-14-6-13-25-11-3-4-12-25/h5,7-10,15-16,22,26-27H,3-4,6,11-14H2,1-2H3/t16-,22+/m0/s1. The van der Waals surface area contributed by atoms with Gasteiger partial charge in [-0.3, -0.25) is 9.11 Å². The van der Waals surface area contributed by atoms with Crippen molar-refractivity contribution in [2.24, 2.45) is 0 Å². The number of halogens is 1. The van der Waals surface area contributed by atoms with Crippen LogP contribution in [0.3, 0.4) is 0 Å². The molecule has 1 saturated heterocycles. The van der Waals surface area contributed by atoms with Crippen molar-refractivity contribution in [1.82, 2.24) is 4.90 Å². The quantitative estimate of drug-likeness (QED) is 0.447. The summed E-state index contributed by atoms with van der Waals surface area (Å²) in [5, 5.41) is -0.508. The Bertz CT molecular complexity index is 919. The minimum Gasteiger partial charge on any atom is -0.493 e. The minimum atomic E-state index is -3.06. The van der Waals surface area contributed by atoms with Gasteiger partial charge in [0.25, 0.3) is 0 Å². The van der Waals surface area contributed by atoms with E-state index in [9.17, 15) is 9.11 Å². The van der Waals surface area contributed by atoms with Crippen molar-refractivity contribution in [2.45, 2.75) is 42.4 Å². The largest absolute Gasteiger partial charge is 0.493 e. The van der Waals surface area contributed by atoms with E-state index in [1.807, 2.05) is 18.2 Å². The van der Waals surface area contributed by atoms with Gasteiger partial charge in [-0.2, -0.15) is 10.6 Å². The molecular weight excluding hydrogens is 482 g/mol. The molecule has 2 aromatic rings. The number of fused-ring (bicyclic) bond motifs is 1. The Morgan fingerprint density at radius 1 is 1.16 bits per heavy atom. The molecule has 6 nitrogen and oxygen atoms in total. The molecule has 1 fully saturated rings. The normalized spacial score (nSPS) is 23.6. The van der Waals surface area contributed by atoms with Crippen LogP contribution in [-0.2, 0) is 0 Å². The first-order valence-corrected chi connectivity index (χ1v) is 13.1. The van der Waals surface area contributed by atoms with Gasteiger partial charge in [0.1, 0.15) is 16.7 Å². The highest BCUT2D eigenvalue weighted by Gasteiger charge is 2.41. The maximum absolute atomic E-state index is 11.0. The average Bonchev–Trinajstić information content (AvgIpc) is 3.28. The van der Waals surface area contributed by atoms with Crippen LogP contribution < -0.4 is 14.2 Å². The minimum absolute atomic E-state index is 0.395. The van der Waals surface area contributed by atoms with Gasteiger partial charge in [0, 0.05) is 6.54 Å². The van der Waals surface area contributed by atoms with Crippen molar-refractivity contribution < 1.29 is 23.3 Å². The summed E-state index contributed by atoms with van der Waals surface area (Å²) in [4.78, 5) is 2.88. The molecule has 0 saturated carbocycles. The summed E-state index contributed by atoms with van der Waals surface area (Å²) in [6.07, 6.45) is 3.08. The predicted molar refractivity (Wildman–Crippen MR) is 127 cm³/mol. The predicted octanol–water partition coefficient (Wildman–Crippen LogP) is 5.95. The van der Waals surface area contributed by atoms with Gasteiger partial charge in [0.2, 0.25) is 0 Å². The highest BCUT2D eigenvalue weighted by Crippen LogP contribution is 2.64. The van der Waals surface area contributed by atoms with Gasteiger partial charge in [-0.1, -0.05) is 12.1 Å². The molecule has 2 N–H and O–H groups in total. The Labute approximate surface area is 194 Å². The number of para-hydroxylation sites is 1. The van der Waals surface area contributed by atoms with E-state index < -0.39 is 21.9 Å². The van der Waals surface area contributed by atoms with Crippen LogP contribution in [0.1, 0.15) is 37.9 Å². The van der Waals surface area contributed by atoms with E-state index in [-0.39, 0.29) is 0 Å². The highest BCUT2D eigenvalue weighted by molar-refractivity contribution is 9.10. The van der Waals surface area contributed by atoms with Crippen LogP contribution in [-0.4, -0.2) is 52.6 Å². The monoisotopic (exact) mass is 511 g/mol. The number of likely N-dealkylation sites (tertiary alicyclic amines) is 1. The fourth-order valence-corrected chi connectivity index (χ4v) is 6.40. The van der Waals surface area contributed by atoms with Gasteiger partial charge >= 0.3 is 0 Å². The summed E-state index contributed by atoms with van der Waals surface area (Å²) in [5.74, 6) is 1.66. The molecule has 0 amide bonds. The smallest absolute Gasteiger partial charge is 0.185 e. The zero-order chi connectivity index (χ0) is 22.0. The van der Waals surface area contributed by atoms with Crippen molar-refractivity contribution in [1.29, 1.82) is 0 Å². The molecule has 2 aromatic carbocycles. The third kappa shape index (κ3) is 4.68. The number of rotatable bonds is 7. The number of hydrogen-bond donors (Lipinski definition) is 2. The second kappa shape index (κ2) is 9.58. The molecule has 2 aliphatic heterocycles. The Morgan fingerprint density at radius 2 is 1.94 bits per heavy atom. The zero-order valence-corrected chi connectivity index (χ0v) is 20.3. The van der Waals surface area contributed by atoms with E-state index in [4.69, 9.17) is 14.2 Å². The van der Waals surface area contributed by atoms with Gasteiger partial charge in [0.15, 0.2) is 11.5 Å². The lowest BCUT2D eigenvalue weighted by Crippen LogP contribution is -2.31. The summed E-state index contributed by atoms with van der Waals surface area (Å²) in [6.45, 7) is 5.94. The van der Waals surface area contributed by atoms with Gasteiger partial charge < -0.3 is 19.1 Å². The molecule has 170 valence electrons. The number of benzene rings is 2. The molecule has 8 heteroatoms. The highest BCUT2D eigenvalue weighted by atomic mass is 79.9. The van der Waals surface area contributed by atoms with E-state index in [0.717, 1.165) is 28.8 Å². The van der Waals surface area contributed by atoms with Crippen LogP contribution in [0.2, 0.25) is 0 Å². The molecule has 0 aromatic heterocycles. The second-order valence-electron chi connectivity index (χ2n) is 8.06. The van der Waals surface area contributed by atoms with Crippen molar-refractivity contribution >= 4 is 26.5 Å². The molecule has 0 unspecified atom stereocenters. The SMILES string of the molecule is COc1cccc2c1O[C@@H](c1ccc(OCCCN3CCCC3)c(Br)c1)[C@H](C)S2(O)O. The van der Waals surface area contributed by atoms with Crippen molar-refractivity contribution in [2.75, 3.05) is 33.4 Å². The van der Waals surface area contributed by atoms with Gasteiger partial charge in [-0.05, 0) is 85.0 Å². The Kier molecular flexibility index (Phi) is 7.03. The van der Waals surface area contributed by atoms with E-state index in [2.05, 4.69) is 20.8 Å². The third-order valence-corrected chi connectivity index (χ3v) is 8.91. The summed E-state index contributed by atoms with van der Waals surface area (Å²) in [5.41, 5.74) is 0.848. The number of nitrogens with zero attached hydrogens (tertiary/aromatic N) is 1. The molecule has 2 heterocycles. The van der Waals surface area contributed by atoms with Crippen molar-refractivity contribution in [3.05, 3.63) is 46.4 Å². The van der Waals surface area contributed by atoms with Crippen LogP contribution in [0.15, 0.2) is 45.8 Å². The molecule has 0 radical (unpaired) electrons. The molecule has 0 spiro atoms. The second-order valence-corrected chi connectivity index (χ2v) is 11.3. The lowest BCUT2D eigenvalue weighted by molar-refractivity contribution is 0.172. The average molecular weight is 512 g/mol. The van der Waals surface area contributed by atoms with Crippen LogP contribution >= 0.6 is 26.5 Å². The molecule has 2 aliphatic rings. The molecule has 31 heavy (non-hydrogen) atoms. The number of hydrogen-bond acceptors (Lipinski definition) is 6. The van der Waals surface area contributed by atoms with Gasteiger partial charge in [-0.15, -0.1) is 0 Å². The van der Waals surface area contributed by atoms with Crippen molar-refractivity contribution in [3.63, 3.8) is 0 Å². The van der Waals surface area contributed by atoms with E-state index in [1.165, 1.54) is 25.9 Å². The van der Waals surface area contributed by atoms with Crippen LogP contribution in [0.4, 0.5) is 0 Å². The summed E-state index contributed by atoms with van der Waals surface area (Å²) in [6, 6.07) is 11.0. The van der Waals surface area contributed by atoms with Crippen LogP contribution in [0.25, 0.3) is 0 Å². The van der Waals surface area contributed by atoms with Crippen molar-refractivity contribution in [3.8, 4) is 17.2 Å². The van der Waals surface area contributed by atoms with Crippen LogP contribution in [0, 0.1) is 0 Å². The third-order valence-electron chi connectivity index (χ3n) is 6.04. The molecule has 0 bridgehead atoms. The zero-order valence-electron chi connectivity index (χ0n) is 17.9. The number of methoxy groups -OCH3 is 1. The van der Waals surface area contributed by atoms with Gasteiger partial charge in [0.05, 0.1) is 23.4 Å². The molecule has 2 atom stereocenters. The van der Waals surface area contributed by atoms with E-state index >= 15 is 0 Å².